The van der Waals surface area contributed by atoms with E-state index >= 15 is 0 Å². The zero-order valence-electron chi connectivity index (χ0n) is 10.6. The van der Waals surface area contributed by atoms with Gasteiger partial charge in [0.2, 0.25) is 0 Å². The molecule has 1 atom stereocenters. The molecule has 2 aromatic rings. The summed E-state index contributed by atoms with van der Waals surface area (Å²) >= 11 is 0. The van der Waals surface area contributed by atoms with Crippen molar-refractivity contribution >= 4 is 22.7 Å². The first-order valence-corrected chi connectivity index (χ1v) is 6.08. The lowest BCUT2D eigenvalue weighted by Gasteiger charge is -2.12. The Morgan fingerprint density at radius 2 is 2.11 bits per heavy atom. The molecule has 0 unspecified atom stereocenters. The van der Waals surface area contributed by atoms with Crippen LogP contribution in [-0.4, -0.2) is 34.4 Å². The molecule has 19 heavy (non-hydrogen) atoms. The van der Waals surface area contributed by atoms with Crippen molar-refractivity contribution in [3.8, 4) is 0 Å². The van der Waals surface area contributed by atoms with Gasteiger partial charge in [0.25, 0.3) is 0 Å². The number of benzene rings is 1. The van der Waals surface area contributed by atoms with Crippen LogP contribution in [0.5, 0.6) is 0 Å². The van der Waals surface area contributed by atoms with Gasteiger partial charge in [-0.25, -0.2) is 0 Å². The van der Waals surface area contributed by atoms with E-state index in [9.17, 15) is 14.7 Å². The highest BCUT2D eigenvalue weighted by molar-refractivity contribution is 5.84. The minimum absolute atomic E-state index is 0.0688. The largest absolute Gasteiger partial charge is 0.480 e. The van der Waals surface area contributed by atoms with Gasteiger partial charge in [-0.1, -0.05) is 18.2 Å². The molecule has 0 aliphatic heterocycles. The smallest absolute Gasteiger partial charge is 0.321 e. The van der Waals surface area contributed by atoms with Crippen LogP contribution in [0.25, 0.3) is 10.9 Å². The molecule has 0 bridgehead atoms. The van der Waals surface area contributed by atoms with Crippen LogP contribution in [0.15, 0.2) is 30.5 Å². The standard InChI is InChI=1S/C14H16N2O3/c1-9(17)7-15-13(14(18)19)6-10-8-16-12-5-3-2-4-11(10)12/h2-5,8,13,15-16H,6-7H2,1H3,(H,18,19)/t13-/m0/s1. The van der Waals surface area contributed by atoms with Gasteiger partial charge < -0.3 is 10.1 Å². The van der Waals surface area contributed by atoms with Gasteiger partial charge in [-0.05, 0) is 18.6 Å². The number of H-pyrrole nitrogens is 1. The topological polar surface area (TPSA) is 82.2 Å². The summed E-state index contributed by atoms with van der Waals surface area (Å²) in [5.41, 5.74) is 1.91. The molecule has 1 heterocycles. The second-order valence-corrected chi connectivity index (χ2v) is 4.54. The van der Waals surface area contributed by atoms with Gasteiger partial charge in [0, 0.05) is 23.5 Å². The first-order chi connectivity index (χ1) is 9.08. The lowest BCUT2D eigenvalue weighted by molar-refractivity contribution is -0.139. The quantitative estimate of drug-likeness (QED) is 0.732. The summed E-state index contributed by atoms with van der Waals surface area (Å²) in [6, 6.07) is 6.97. The van der Waals surface area contributed by atoms with Crippen molar-refractivity contribution < 1.29 is 14.7 Å². The van der Waals surface area contributed by atoms with Gasteiger partial charge in [-0.3, -0.25) is 14.9 Å². The number of Topliss-reactive ketones (excluding diaryl/α,β-unsaturated/α-hetero) is 1. The number of hydrogen-bond donors (Lipinski definition) is 3. The van der Waals surface area contributed by atoms with Gasteiger partial charge >= 0.3 is 5.97 Å². The summed E-state index contributed by atoms with van der Waals surface area (Å²) in [5, 5.41) is 12.9. The fourth-order valence-corrected chi connectivity index (χ4v) is 2.03. The molecule has 0 fully saturated rings. The van der Waals surface area contributed by atoms with Crippen LogP contribution in [0.3, 0.4) is 0 Å². The van der Waals surface area contributed by atoms with Crippen molar-refractivity contribution in [3.05, 3.63) is 36.0 Å². The predicted octanol–water partition coefficient (Wildman–Crippen LogP) is 1.34. The Labute approximate surface area is 110 Å². The maximum atomic E-state index is 11.2. The first kappa shape index (κ1) is 13.3. The number of rotatable bonds is 6. The summed E-state index contributed by atoms with van der Waals surface area (Å²) in [7, 11) is 0. The third kappa shape index (κ3) is 3.20. The number of aromatic nitrogens is 1. The van der Waals surface area contributed by atoms with Crippen molar-refractivity contribution in [1.82, 2.24) is 10.3 Å². The molecule has 0 amide bonds. The van der Waals surface area contributed by atoms with E-state index in [0.29, 0.717) is 6.42 Å². The Morgan fingerprint density at radius 1 is 1.37 bits per heavy atom. The Balaban J connectivity index is 2.16. The molecule has 0 saturated carbocycles. The molecule has 0 radical (unpaired) electrons. The molecule has 5 nitrogen and oxygen atoms in total. The second-order valence-electron chi connectivity index (χ2n) is 4.54. The average molecular weight is 260 g/mol. The fraction of sp³-hybridized carbons (Fsp3) is 0.286. The maximum absolute atomic E-state index is 11.2. The Bertz CT molecular complexity index is 604. The molecular formula is C14H16N2O3. The fourth-order valence-electron chi connectivity index (χ4n) is 2.03. The van der Waals surface area contributed by atoms with E-state index in [0.717, 1.165) is 16.5 Å². The molecule has 5 heteroatoms. The number of aromatic amines is 1. The van der Waals surface area contributed by atoms with Gasteiger partial charge in [0.05, 0.1) is 6.54 Å². The number of nitrogens with one attached hydrogen (secondary N) is 2. The summed E-state index contributed by atoms with van der Waals surface area (Å²) in [6.45, 7) is 1.50. The van der Waals surface area contributed by atoms with Gasteiger partial charge in [-0.2, -0.15) is 0 Å². The number of carbonyl (C=O) groups is 2. The van der Waals surface area contributed by atoms with E-state index in [1.165, 1.54) is 6.92 Å². The number of ketones is 1. The van der Waals surface area contributed by atoms with Crippen molar-refractivity contribution in [2.75, 3.05) is 6.54 Å². The monoisotopic (exact) mass is 260 g/mol. The van der Waals surface area contributed by atoms with Crippen molar-refractivity contribution in [1.29, 1.82) is 0 Å². The summed E-state index contributed by atoms with van der Waals surface area (Å²) in [5.74, 6) is -1.03. The number of fused-ring (bicyclic) bond motifs is 1. The molecular weight excluding hydrogens is 244 g/mol. The Morgan fingerprint density at radius 3 is 2.79 bits per heavy atom. The molecule has 3 N–H and O–H groups in total. The van der Waals surface area contributed by atoms with Gasteiger partial charge in [0.15, 0.2) is 0 Å². The molecule has 0 spiro atoms. The number of hydrogen-bond acceptors (Lipinski definition) is 3. The highest BCUT2D eigenvalue weighted by Crippen LogP contribution is 2.19. The van der Waals surface area contributed by atoms with Crippen LogP contribution < -0.4 is 5.32 Å². The number of para-hydroxylation sites is 1. The van der Waals surface area contributed by atoms with E-state index in [1.807, 2.05) is 30.5 Å². The van der Waals surface area contributed by atoms with E-state index in [4.69, 9.17) is 0 Å². The van der Waals surface area contributed by atoms with Crippen LogP contribution >= 0.6 is 0 Å². The van der Waals surface area contributed by atoms with Crippen LogP contribution in [-0.2, 0) is 16.0 Å². The predicted molar refractivity (Wildman–Crippen MR) is 72.1 cm³/mol. The van der Waals surface area contributed by atoms with Crippen molar-refractivity contribution in [2.45, 2.75) is 19.4 Å². The van der Waals surface area contributed by atoms with Gasteiger partial charge in [-0.15, -0.1) is 0 Å². The highest BCUT2D eigenvalue weighted by Gasteiger charge is 2.19. The van der Waals surface area contributed by atoms with E-state index in [2.05, 4.69) is 10.3 Å². The Kier molecular flexibility index (Phi) is 3.97. The van der Waals surface area contributed by atoms with Crippen molar-refractivity contribution in [3.63, 3.8) is 0 Å². The zero-order valence-corrected chi connectivity index (χ0v) is 10.6. The molecule has 0 aliphatic carbocycles. The third-order valence-electron chi connectivity index (χ3n) is 2.99. The number of aliphatic carboxylic acids is 1. The van der Waals surface area contributed by atoms with Gasteiger partial charge in [0.1, 0.15) is 11.8 Å². The minimum atomic E-state index is -0.952. The average Bonchev–Trinajstić information content (AvgIpc) is 2.77. The molecule has 100 valence electrons. The third-order valence-corrected chi connectivity index (χ3v) is 2.99. The minimum Gasteiger partial charge on any atom is -0.480 e. The highest BCUT2D eigenvalue weighted by atomic mass is 16.4. The molecule has 2 rings (SSSR count). The molecule has 0 saturated heterocycles. The normalized spacial score (nSPS) is 12.5. The van der Waals surface area contributed by atoms with Crippen molar-refractivity contribution in [2.24, 2.45) is 0 Å². The van der Waals surface area contributed by atoms with Crippen LogP contribution in [0.2, 0.25) is 0 Å². The van der Waals surface area contributed by atoms with Crippen LogP contribution in [0.4, 0.5) is 0 Å². The molecule has 1 aromatic carbocycles. The van der Waals surface area contributed by atoms with E-state index in [-0.39, 0.29) is 12.3 Å². The Hall–Kier alpha value is -2.14. The number of carboxylic acid groups (broad SMARTS) is 1. The zero-order chi connectivity index (χ0) is 13.8. The lowest BCUT2D eigenvalue weighted by atomic mass is 10.0. The summed E-state index contributed by atoms with van der Waals surface area (Å²) in [4.78, 5) is 25.2. The SMILES string of the molecule is CC(=O)CN[C@@H](Cc1c[nH]c2ccccc12)C(=O)O. The van der Waals surface area contributed by atoms with E-state index in [1.54, 1.807) is 0 Å². The maximum Gasteiger partial charge on any atom is 0.321 e. The summed E-state index contributed by atoms with van der Waals surface area (Å²) in [6.07, 6.45) is 2.16. The molecule has 0 aliphatic rings. The second kappa shape index (κ2) is 5.67. The van der Waals surface area contributed by atoms with Crippen LogP contribution in [0, 0.1) is 0 Å². The summed E-state index contributed by atoms with van der Waals surface area (Å²) < 4.78 is 0. The molecule has 1 aromatic heterocycles. The number of carboxylic acids is 1. The van der Waals surface area contributed by atoms with E-state index < -0.39 is 12.0 Å². The van der Waals surface area contributed by atoms with Crippen LogP contribution in [0.1, 0.15) is 12.5 Å². The first-order valence-electron chi connectivity index (χ1n) is 6.08. The lowest BCUT2D eigenvalue weighted by Crippen LogP contribution is -2.40. The number of carbonyl (C=O) groups excluding carboxylic acids is 1.